The fourth-order valence-electron chi connectivity index (χ4n) is 6.20. The van der Waals surface area contributed by atoms with E-state index < -0.39 is 0 Å². The van der Waals surface area contributed by atoms with Crippen LogP contribution in [0.4, 0.5) is 0 Å². The highest BCUT2D eigenvalue weighted by Gasteiger charge is 2.62. The first-order valence-electron chi connectivity index (χ1n) is 9.34. The molecule has 4 rings (SSSR count). The van der Waals surface area contributed by atoms with E-state index in [2.05, 4.69) is 20.8 Å². The second-order valence-corrected chi connectivity index (χ2v) is 9.03. The number of hydrogen-bond donors (Lipinski definition) is 1. The number of ether oxygens (including phenoxy) is 1. The lowest BCUT2D eigenvalue weighted by atomic mass is 9.66. The molecule has 1 aliphatic heterocycles. The third-order valence-corrected chi connectivity index (χ3v) is 7.73. The molecule has 0 spiro atoms. The number of aliphatic hydroxyl groups excluding tert-OH is 1. The first kappa shape index (κ1) is 16.5. The molecule has 132 valence electrons. The molecule has 1 N–H and O–H groups in total. The lowest BCUT2D eigenvalue weighted by molar-refractivity contribution is -0.126. The Kier molecular flexibility index (Phi) is 3.60. The molecular weight excluding hydrogens is 304 g/mol. The van der Waals surface area contributed by atoms with E-state index >= 15 is 0 Å². The van der Waals surface area contributed by atoms with Gasteiger partial charge in [-0.25, -0.2) is 0 Å². The zero-order chi connectivity index (χ0) is 17.3. The summed E-state index contributed by atoms with van der Waals surface area (Å²) < 4.78 is 6.12. The zero-order valence-electron chi connectivity index (χ0n) is 14.9. The first-order chi connectivity index (χ1) is 11.3. The van der Waals surface area contributed by atoms with Gasteiger partial charge in [0.2, 0.25) is 0 Å². The molecule has 0 aromatic heterocycles. The maximum Gasteiger partial charge on any atom is 0.161 e. The van der Waals surface area contributed by atoms with Gasteiger partial charge in [-0.05, 0) is 47.5 Å². The van der Waals surface area contributed by atoms with Crippen molar-refractivity contribution in [2.24, 2.45) is 28.6 Å². The Bertz CT molecular complexity index is 636. The van der Waals surface area contributed by atoms with Gasteiger partial charge in [0.1, 0.15) is 5.78 Å². The summed E-state index contributed by atoms with van der Waals surface area (Å²) in [5.41, 5.74) is 1.86. The Morgan fingerprint density at radius 2 is 2.00 bits per heavy atom. The van der Waals surface area contributed by atoms with Crippen molar-refractivity contribution in [1.82, 2.24) is 0 Å². The van der Waals surface area contributed by atoms with Gasteiger partial charge in [-0.3, -0.25) is 9.59 Å². The molecule has 0 aromatic carbocycles. The molecule has 4 heteroatoms. The average molecular weight is 332 g/mol. The Morgan fingerprint density at radius 3 is 2.71 bits per heavy atom. The highest BCUT2D eigenvalue weighted by atomic mass is 16.5. The van der Waals surface area contributed by atoms with Crippen LogP contribution in [0.25, 0.3) is 0 Å². The molecule has 6 atom stereocenters. The van der Waals surface area contributed by atoms with Crippen LogP contribution in [-0.4, -0.2) is 36.0 Å². The molecule has 1 heterocycles. The van der Waals surface area contributed by atoms with Gasteiger partial charge in [0, 0.05) is 25.0 Å². The lowest BCUT2D eigenvalue weighted by Gasteiger charge is -2.39. The summed E-state index contributed by atoms with van der Waals surface area (Å²) in [5, 5.41) is 9.68. The molecule has 2 fully saturated rings. The summed E-state index contributed by atoms with van der Waals surface area (Å²) in [6.07, 6.45) is 3.79. The maximum atomic E-state index is 13.0. The minimum Gasteiger partial charge on any atom is -0.396 e. The third-order valence-electron chi connectivity index (χ3n) is 7.73. The van der Waals surface area contributed by atoms with Crippen LogP contribution in [0, 0.1) is 28.6 Å². The second kappa shape index (κ2) is 5.25. The smallest absolute Gasteiger partial charge is 0.161 e. The van der Waals surface area contributed by atoms with Crippen molar-refractivity contribution in [1.29, 1.82) is 0 Å². The molecule has 4 nitrogen and oxygen atoms in total. The van der Waals surface area contributed by atoms with Crippen molar-refractivity contribution in [3.8, 4) is 0 Å². The predicted molar refractivity (Wildman–Crippen MR) is 89.3 cm³/mol. The quantitative estimate of drug-likeness (QED) is 0.844. The van der Waals surface area contributed by atoms with Crippen LogP contribution < -0.4 is 0 Å². The summed E-state index contributed by atoms with van der Waals surface area (Å²) in [6, 6.07) is 0. The fourth-order valence-corrected chi connectivity index (χ4v) is 6.20. The molecule has 0 amide bonds. The summed E-state index contributed by atoms with van der Waals surface area (Å²) in [4.78, 5) is 25.4. The maximum absolute atomic E-state index is 13.0. The lowest BCUT2D eigenvalue weighted by Crippen LogP contribution is -2.40. The van der Waals surface area contributed by atoms with Gasteiger partial charge < -0.3 is 9.84 Å². The van der Waals surface area contributed by atoms with Crippen LogP contribution in [0.5, 0.6) is 0 Å². The molecule has 4 aliphatic rings. The molecule has 0 bridgehead atoms. The van der Waals surface area contributed by atoms with Gasteiger partial charge in [0.05, 0.1) is 18.6 Å². The van der Waals surface area contributed by atoms with Crippen molar-refractivity contribution < 1.29 is 19.4 Å². The molecule has 0 unspecified atom stereocenters. The highest BCUT2D eigenvalue weighted by molar-refractivity contribution is 5.99. The van der Waals surface area contributed by atoms with Gasteiger partial charge in [-0.1, -0.05) is 20.8 Å². The van der Waals surface area contributed by atoms with E-state index in [1.807, 2.05) is 0 Å². The molecular formula is C20H28O4. The van der Waals surface area contributed by atoms with E-state index in [0.717, 1.165) is 30.4 Å². The summed E-state index contributed by atoms with van der Waals surface area (Å²) in [5.74, 6) is 0.654. The standard InChI is InChI=1S/C20H28O4/c1-11(9-21)13-8-15(23)17-18-16-12(10-24-18)14(22)4-5-19(16,2)6-7-20(13,17)3/h11,13,17-18,21H,4-10H2,1-3H3/t11-,13-,17-,18+,19+,20-/m1/s1. The minimum absolute atomic E-state index is 0.00889. The Morgan fingerprint density at radius 1 is 1.25 bits per heavy atom. The highest BCUT2D eigenvalue weighted by Crippen LogP contribution is 2.62. The van der Waals surface area contributed by atoms with Crippen LogP contribution in [0.15, 0.2) is 11.1 Å². The Hall–Kier alpha value is -1.00. The zero-order valence-corrected chi connectivity index (χ0v) is 14.9. The van der Waals surface area contributed by atoms with Crippen molar-refractivity contribution >= 4 is 11.6 Å². The number of carbonyl (C=O) groups is 2. The summed E-state index contributed by atoms with van der Waals surface area (Å²) >= 11 is 0. The van der Waals surface area contributed by atoms with Crippen LogP contribution >= 0.6 is 0 Å². The van der Waals surface area contributed by atoms with Crippen molar-refractivity contribution in [2.75, 3.05) is 13.2 Å². The number of ketones is 2. The number of hydrogen-bond acceptors (Lipinski definition) is 4. The minimum atomic E-state index is -0.217. The molecule has 0 aromatic rings. The number of fused-ring (bicyclic) bond motifs is 2. The predicted octanol–water partition coefficient (Wildman–Crippen LogP) is 2.68. The van der Waals surface area contributed by atoms with Gasteiger partial charge in [-0.15, -0.1) is 0 Å². The Balaban J connectivity index is 1.83. The van der Waals surface area contributed by atoms with Crippen molar-refractivity contribution in [3.05, 3.63) is 11.1 Å². The van der Waals surface area contributed by atoms with E-state index in [0.29, 0.717) is 19.4 Å². The monoisotopic (exact) mass is 332 g/mol. The van der Waals surface area contributed by atoms with Crippen LogP contribution in [0.1, 0.15) is 52.9 Å². The first-order valence-corrected chi connectivity index (χ1v) is 9.34. The number of rotatable bonds is 2. The van der Waals surface area contributed by atoms with Crippen molar-refractivity contribution in [2.45, 2.75) is 59.0 Å². The largest absolute Gasteiger partial charge is 0.396 e. The molecule has 0 radical (unpaired) electrons. The molecule has 0 saturated heterocycles. The van der Waals surface area contributed by atoms with Gasteiger partial charge in [-0.2, -0.15) is 0 Å². The SMILES string of the molecule is C[C@H](CO)[C@H]1CC(=O)[C@@H]2[C@H]3OCC4=C3[C@@](C)(CCC4=O)CC[C@]12C. The van der Waals surface area contributed by atoms with Gasteiger partial charge in [0.15, 0.2) is 5.78 Å². The summed E-state index contributed by atoms with van der Waals surface area (Å²) in [7, 11) is 0. The van der Waals surface area contributed by atoms with E-state index in [4.69, 9.17) is 4.74 Å². The second-order valence-electron chi connectivity index (χ2n) is 9.03. The number of carbonyl (C=O) groups excluding carboxylic acids is 2. The van der Waals surface area contributed by atoms with E-state index in [9.17, 15) is 14.7 Å². The number of Topliss-reactive ketones (excluding diaryl/α,β-unsaturated/α-hetero) is 2. The summed E-state index contributed by atoms with van der Waals surface area (Å²) in [6.45, 7) is 7.04. The van der Waals surface area contributed by atoms with Crippen LogP contribution in [0.2, 0.25) is 0 Å². The number of aliphatic hydroxyl groups is 1. The van der Waals surface area contributed by atoms with Gasteiger partial charge in [0.25, 0.3) is 0 Å². The van der Waals surface area contributed by atoms with E-state index in [-0.39, 0.29) is 52.9 Å². The third kappa shape index (κ3) is 1.99. The van der Waals surface area contributed by atoms with Crippen molar-refractivity contribution in [3.63, 3.8) is 0 Å². The molecule has 2 saturated carbocycles. The average Bonchev–Trinajstić information content (AvgIpc) is 3.07. The Labute approximate surface area is 143 Å². The molecule has 24 heavy (non-hydrogen) atoms. The van der Waals surface area contributed by atoms with Gasteiger partial charge >= 0.3 is 0 Å². The van der Waals surface area contributed by atoms with E-state index in [1.54, 1.807) is 0 Å². The fraction of sp³-hybridized carbons (Fsp3) is 0.800. The van der Waals surface area contributed by atoms with E-state index in [1.165, 1.54) is 0 Å². The normalized spacial score (nSPS) is 45.9. The van der Waals surface area contributed by atoms with Crippen LogP contribution in [0.3, 0.4) is 0 Å². The van der Waals surface area contributed by atoms with Crippen LogP contribution in [-0.2, 0) is 14.3 Å². The topological polar surface area (TPSA) is 63.6 Å². The molecule has 3 aliphatic carbocycles.